The lowest BCUT2D eigenvalue weighted by Gasteiger charge is -2.39. The first-order valence-electron chi connectivity index (χ1n) is 9.90. The Hall–Kier alpha value is -2.58. The number of hydrogen-bond donors (Lipinski definition) is 1. The van der Waals surface area contributed by atoms with Crippen LogP contribution < -0.4 is 14.2 Å². The Morgan fingerprint density at radius 1 is 1.10 bits per heavy atom. The van der Waals surface area contributed by atoms with E-state index in [2.05, 4.69) is 22.7 Å². The minimum atomic E-state index is -3.32. The van der Waals surface area contributed by atoms with Gasteiger partial charge in [-0.05, 0) is 49.8 Å². The predicted molar refractivity (Wildman–Crippen MR) is 119 cm³/mol. The molecule has 8 heteroatoms. The van der Waals surface area contributed by atoms with E-state index in [1.54, 1.807) is 26.4 Å². The molecule has 7 nitrogen and oxygen atoms in total. The van der Waals surface area contributed by atoms with Crippen molar-refractivity contribution in [1.29, 1.82) is 0 Å². The van der Waals surface area contributed by atoms with E-state index in [1.807, 2.05) is 18.2 Å². The zero-order chi connectivity index (χ0) is 21.5. The lowest BCUT2D eigenvalue weighted by molar-refractivity contribution is 0.227. The van der Waals surface area contributed by atoms with Gasteiger partial charge in [0.05, 0.1) is 32.2 Å². The van der Waals surface area contributed by atoms with Crippen molar-refractivity contribution in [1.82, 2.24) is 4.90 Å². The van der Waals surface area contributed by atoms with E-state index in [9.17, 15) is 8.42 Å². The molecule has 2 atom stereocenters. The first-order valence-corrected chi connectivity index (χ1v) is 11.8. The van der Waals surface area contributed by atoms with Crippen LogP contribution in [-0.2, 0) is 10.0 Å². The van der Waals surface area contributed by atoms with Crippen LogP contribution in [-0.4, -0.2) is 65.7 Å². The summed E-state index contributed by atoms with van der Waals surface area (Å²) in [6.07, 6.45) is 2.13. The van der Waals surface area contributed by atoms with E-state index < -0.39 is 10.0 Å². The Bertz CT molecular complexity index is 1080. The second-order valence-electron chi connectivity index (χ2n) is 7.95. The molecule has 2 aliphatic heterocycles. The van der Waals surface area contributed by atoms with Gasteiger partial charge >= 0.3 is 0 Å². The molecule has 0 amide bonds. The number of rotatable bonds is 5. The molecular weight excluding hydrogens is 402 g/mol. The minimum absolute atomic E-state index is 0.204. The number of likely N-dealkylation sites (tertiary alicyclic amines) is 1. The number of sulfonamides is 1. The van der Waals surface area contributed by atoms with Gasteiger partial charge in [-0.25, -0.2) is 8.42 Å². The van der Waals surface area contributed by atoms with Crippen molar-refractivity contribution < 1.29 is 17.9 Å². The molecule has 2 aromatic carbocycles. The number of benzene rings is 2. The summed E-state index contributed by atoms with van der Waals surface area (Å²) in [7, 11) is 2.11. The quantitative estimate of drug-likeness (QED) is 0.791. The zero-order valence-electron chi connectivity index (χ0n) is 17.7. The van der Waals surface area contributed by atoms with Crippen LogP contribution in [0.15, 0.2) is 41.4 Å². The summed E-state index contributed by atoms with van der Waals surface area (Å²) in [5.74, 6) is 1.69. The fourth-order valence-corrected chi connectivity index (χ4v) is 4.91. The van der Waals surface area contributed by atoms with E-state index in [0.717, 1.165) is 48.4 Å². The molecule has 2 aliphatic rings. The average Bonchev–Trinajstić information content (AvgIpc) is 2.71. The highest BCUT2D eigenvalue weighted by molar-refractivity contribution is 7.92. The van der Waals surface area contributed by atoms with E-state index >= 15 is 0 Å². The van der Waals surface area contributed by atoms with Gasteiger partial charge in [-0.1, -0.05) is 12.1 Å². The predicted octanol–water partition coefficient (Wildman–Crippen LogP) is 2.71. The molecular formula is C22H27N3O4S. The van der Waals surface area contributed by atoms with Crippen molar-refractivity contribution in [2.45, 2.75) is 18.4 Å². The second-order valence-corrected chi connectivity index (χ2v) is 9.70. The highest BCUT2D eigenvalue weighted by atomic mass is 32.2. The molecule has 1 fully saturated rings. The summed E-state index contributed by atoms with van der Waals surface area (Å²) in [4.78, 5) is 7.48. The first-order chi connectivity index (χ1) is 14.3. The summed E-state index contributed by atoms with van der Waals surface area (Å²) in [6, 6.07) is 11.6. The lowest BCUT2D eigenvalue weighted by atomic mass is 9.79. The Balaban J connectivity index is 1.80. The Labute approximate surface area is 177 Å². The third kappa shape index (κ3) is 4.02. The van der Waals surface area contributed by atoms with Gasteiger partial charge in [0.15, 0.2) is 11.5 Å². The molecule has 1 saturated heterocycles. The Morgan fingerprint density at radius 2 is 1.77 bits per heavy atom. The van der Waals surface area contributed by atoms with Crippen LogP contribution in [0.3, 0.4) is 0 Å². The van der Waals surface area contributed by atoms with Crippen molar-refractivity contribution in [2.24, 2.45) is 4.99 Å². The third-order valence-corrected chi connectivity index (χ3v) is 6.35. The number of fused-ring (bicyclic) bond motifs is 3. The number of ether oxygens (including phenoxy) is 2. The van der Waals surface area contributed by atoms with Crippen molar-refractivity contribution >= 4 is 21.4 Å². The van der Waals surface area contributed by atoms with E-state index in [1.165, 1.54) is 5.56 Å². The molecule has 0 aliphatic carbocycles. The standard InChI is InChI=1S/C22H27N3O4S/c1-25-10-9-19-18(13-25)16-11-20(28-2)21(29-3)12-17(16)22(23-19)14-5-7-15(8-6-14)24-30(4,26)27/h5-8,11-12,18-19,24H,9-10,13H2,1-4H3/t18-,19-/m0/s1. The Morgan fingerprint density at radius 3 is 2.40 bits per heavy atom. The molecule has 0 unspecified atom stereocenters. The van der Waals surface area contributed by atoms with Gasteiger partial charge in [-0.2, -0.15) is 0 Å². The van der Waals surface area contributed by atoms with Gasteiger partial charge in [-0.15, -0.1) is 0 Å². The van der Waals surface area contributed by atoms with Crippen molar-refractivity contribution in [3.05, 3.63) is 53.1 Å². The first kappa shape index (κ1) is 20.7. The van der Waals surface area contributed by atoms with Gasteiger partial charge in [0, 0.05) is 29.3 Å². The van der Waals surface area contributed by atoms with Gasteiger partial charge in [0.25, 0.3) is 0 Å². The van der Waals surface area contributed by atoms with Crippen LogP contribution in [0.2, 0.25) is 0 Å². The molecule has 0 aromatic heterocycles. The number of hydrogen-bond acceptors (Lipinski definition) is 6. The fourth-order valence-electron chi connectivity index (χ4n) is 4.34. The van der Waals surface area contributed by atoms with E-state index in [4.69, 9.17) is 14.5 Å². The van der Waals surface area contributed by atoms with Gasteiger partial charge in [0.1, 0.15) is 0 Å². The average molecular weight is 430 g/mol. The number of anilines is 1. The van der Waals surface area contributed by atoms with Gasteiger partial charge < -0.3 is 14.4 Å². The number of piperidine rings is 1. The van der Waals surface area contributed by atoms with Crippen LogP contribution in [0.4, 0.5) is 5.69 Å². The maximum Gasteiger partial charge on any atom is 0.229 e. The van der Waals surface area contributed by atoms with Crippen LogP contribution in [0.25, 0.3) is 0 Å². The molecule has 2 heterocycles. The SMILES string of the molecule is COc1cc2c(cc1OC)[C@@H]1CN(C)CC[C@@H]1N=C2c1ccc(NS(C)(=O)=O)cc1. The van der Waals surface area contributed by atoms with Crippen molar-refractivity contribution in [2.75, 3.05) is 45.3 Å². The number of nitrogens with one attached hydrogen (secondary N) is 1. The number of aliphatic imine (C=N–C) groups is 1. The monoisotopic (exact) mass is 429 g/mol. The minimum Gasteiger partial charge on any atom is -0.493 e. The van der Waals surface area contributed by atoms with E-state index in [0.29, 0.717) is 17.4 Å². The molecule has 0 radical (unpaired) electrons. The van der Waals surface area contributed by atoms with Crippen molar-refractivity contribution in [3.63, 3.8) is 0 Å². The molecule has 0 bridgehead atoms. The van der Waals surface area contributed by atoms with Crippen LogP contribution >= 0.6 is 0 Å². The topological polar surface area (TPSA) is 80.2 Å². The fraction of sp³-hybridized carbons (Fsp3) is 0.409. The lowest BCUT2D eigenvalue weighted by Crippen LogP contribution is -2.41. The van der Waals surface area contributed by atoms with E-state index in [-0.39, 0.29) is 6.04 Å². The molecule has 30 heavy (non-hydrogen) atoms. The second kappa shape index (κ2) is 7.92. The zero-order valence-corrected chi connectivity index (χ0v) is 18.5. The number of likely N-dealkylation sites (N-methyl/N-ethyl adjacent to an activating group) is 1. The summed E-state index contributed by atoms with van der Waals surface area (Å²) in [5.41, 5.74) is 4.63. The summed E-state index contributed by atoms with van der Waals surface area (Å²) in [5, 5.41) is 0. The largest absolute Gasteiger partial charge is 0.493 e. The number of nitrogens with zero attached hydrogens (tertiary/aromatic N) is 2. The molecule has 0 spiro atoms. The summed E-state index contributed by atoms with van der Waals surface area (Å²) >= 11 is 0. The van der Waals surface area contributed by atoms with Crippen LogP contribution in [0, 0.1) is 0 Å². The smallest absolute Gasteiger partial charge is 0.229 e. The van der Waals surface area contributed by atoms with Gasteiger partial charge in [-0.3, -0.25) is 9.71 Å². The molecule has 4 rings (SSSR count). The molecule has 2 aromatic rings. The highest BCUT2D eigenvalue weighted by Gasteiger charge is 2.36. The normalized spacial score (nSPS) is 21.3. The molecule has 1 N–H and O–H groups in total. The Kier molecular flexibility index (Phi) is 5.46. The van der Waals surface area contributed by atoms with Crippen LogP contribution in [0.1, 0.15) is 29.0 Å². The summed E-state index contributed by atoms with van der Waals surface area (Å²) < 4.78 is 36.6. The maximum absolute atomic E-state index is 11.5. The molecule has 160 valence electrons. The maximum atomic E-state index is 11.5. The van der Waals surface area contributed by atoms with Crippen LogP contribution in [0.5, 0.6) is 11.5 Å². The third-order valence-electron chi connectivity index (χ3n) is 5.75. The molecule has 0 saturated carbocycles. The summed E-state index contributed by atoms with van der Waals surface area (Å²) in [6.45, 7) is 1.96. The number of methoxy groups -OCH3 is 2. The highest BCUT2D eigenvalue weighted by Crippen LogP contribution is 2.42. The van der Waals surface area contributed by atoms with Crippen molar-refractivity contribution in [3.8, 4) is 11.5 Å². The van der Waals surface area contributed by atoms with Gasteiger partial charge in [0.2, 0.25) is 10.0 Å².